The number of hydrogen-bond acceptors (Lipinski definition) is 5. The van der Waals surface area contributed by atoms with Gasteiger partial charge in [-0.1, -0.05) is 15.9 Å². The molecule has 1 saturated heterocycles. The molecular formula is C16H22Br2N2O5S. The molecule has 1 aromatic carbocycles. The number of likely N-dealkylation sites (tertiary alicyclic amines) is 1. The standard InChI is InChI=1S/C16H22Br2N2O5S/c1-16(2,3)25-15(22)20-8-11(7-12(20)9-21)19-26(23,24)14-6-10(17)4-5-13(14)18/h4-6,11-12,19,21H,7-9H2,1-3H3/t11-,12-/m1/s1. The van der Waals surface area contributed by atoms with Gasteiger partial charge in [-0.2, -0.15) is 0 Å². The van der Waals surface area contributed by atoms with Gasteiger partial charge in [0.2, 0.25) is 10.0 Å². The third-order valence-electron chi connectivity index (χ3n) is 3.76. The fourth-order valence-corrected chi connectivity index (χ4v) is 5.43. The van der Waals surface area contributed by atoms with Crippen molar-refractivity contribution >= 4 is 48.0 Å². The molecule has 0 unspecified atom stereocenters. The van der Waals surface area contributed by atoms with Gasteiger partial charge in [0.05, 0.1) is 17.5 Å². The molecule has 2 rings (SSSR count). The third-order valence-corrected chi connectivity index (χ3v) is 6.77. The maximum Gasteiger partial charge on any atom is 0.410 e. The number of aliphatic hydroxyl groups excluding tert-OH is 1. The Morgan fingerprint density at radius 1 is 1.38 bits per heavy atom. The first-order chi connectivity index (χ1) is 11.9. The molecule has 1 fully saturated rings. The molecule has 2 atom stereocenters. The summed E-state index contributed by atoms with van der Waals surface area (Å²) in [5.41, 5.74) is -0.671. The van der Waals surface area contributed by atoms with Gasteiger partial charge in [0.1, 0.15) is 5.60 Å². The summed E-state index contributed by atoms with van der Waals surface area (Å²) in [7, 11) is -3.80. The monoisotopic (exact) mass is 512 g/mol. The Labute approximate surface area is 170 Å². The van der Waals surface area contributed by atoms with Gasteiger partial charge in [0.25, 0.3) is 0 Å². The van der Waals surface area contributed by atoms with Gasteiger partial charge < -0.3 is 14.7 Å². The molecule has 0 radical (unpaired) electrons. The Kier molecular flexibility index (Phi) is 6.76. The number of rotatable bonds is 4. The number of carbonyl (C=O) groups is 1. The van der Waals surface area contributed by atoms with E-state index >= 15 is 0 Å². The van der Waals surface area contributed by atoms with Crippen molar-refractivity contribution in [1.29, 1.82) is 0 Å². The number of carbonyl (C=O) groups excluding carboxylic acids is 1. The highest BCUT2D eigenvalue weighted by Crippen LogP contribution is 2.27. The van der Waals surface area contributed by atoms with Crippen molar-refractivity contribution in [3.05, 3.63) is 27.1 Å². The Balaban J connectivity index is 2.15. The summed E-state index contributed by atoms with van der Waals surface area (Å²) in [5.74, 6) is 0. The predicted octanol–water partition coefficient (Wildman–Crippen LogP) is 2.86. The second-order valence-electron chi connectivity index (χ2n) is 7.10. The van der Waals surface area contributed by atoms with Crippen molar-refractivity contribution in [2.75, 3.05) is 13.2 Å². The van der Waals surface area contributed by atoms with E-state index in [9.17, 15) is 18.3 Å². The second kappa shape index (κ2) is 8.14. The maximum absolute atomic E-state index is 12.7. The molecule has 1 aliphatic rings. The molecule has 26 heavy (non-hydrogen) atoms. The van der Waals surface area contributed by atoms with Crippen LogP contribution < -0.4 is 4.72 Å². The number of sulfonamides is 1. The summed E-state index contributed by atoms with van der Waals surface area (Å²) in [6.07, 6.45) is -0.262. The Hall–Kier alpha value is -0.680. The lowest BCUT2D eigenvalue weighted by molar-refractivity contribution is 0.0174. The Morgan fingerprint density at radius 2 is 2.04 bits per heavy atom. The summed E-state index contributed by atoms with van der Waals surface area (Å²) >= 11 is 6.51. The molecule has 0 aromatic heterocycles. The number of hydrogen-bond donors (Lipinski definition) is 2. The van der Waals surface area contributed by atoms with Gasteiger partial charge in [0, 0.05) is 21.5 Å². The van der Waals surface area contributed by atoms with Crippen LogP contribution in [-0.4, -0.2) is 55.4 Å². The van der Waals surface area contributed by atoms with Gasteiger partial charge in [-0.15, -0.1) is 0 Å². The molecule has 146 valence electrons. The highest BCUT2D eigenvalue weighted by atomic mass is 79.9. The van der Waals surface area contributed by atoms with Crippen LogP contribution in [0.4, 0.5) is 4.79 Å². The summed E-state index contributed by atoms with van der Waals surface area (Å²) in [4.78, 5) is 13.8. The average molecular weight is 514 g/mol. The number of amides is 1. The van der Waals surface area contributed by atoms with Crippen LogP contribution in [0.25, 0.3) is 0 Å². The van der Waals surface area contributed by atoms with E-state index in [2.05, 4.69) is 36.6 Å². The molecular weight excluding hydrogens is 492 g/mol. The van der Waals surface area contributed by atoms with Crippen LogP contribution in [0.5, 0.6) is 0 Å². The first-order valence-corrected chi connectivity index (χ1v) is 11.1. The van der Waals surface area contributed by atoms with Gasteiger partial charge in [-0.3, -0.25) is 0 Å². The number of nitrogens with zero attached hydrogens (tertiary/aromatic N) is 1. The molecule has 10 heteroatoms. The van der Waals surface area contributed by atoms with Gasteiger partial charge in [-0.25, -0.2) is 17.9 Å². The zero-order valence-electron chi connectivity index (χ0n) is 14.7. The zero-order valence-corrected chi connectivity index (χ0v) is 18.7. The predicted molar refractivity (Wildman–Crippen MR) is 104 cm³/mol. The van der Waals surface area contributed by atoms with Gasteiger partial charge in [-0.05, 0) is 61.3 Å². The number of ether oxygens (including phenoxy) is 1. The first-order valence-electron chi connectivity index (χ1n) is 8.01. The lowest BCUT2D eigenvalue weighted by atomic mass is 10.2. The maximum atomic E-state index is 12.7. The van der Waals surface area contributed by atoms with Crippen molar-refractivity contribution in [3.8, 4) is 0 Å². The van der Waals surface area contributed by atoms with Crippen molar-refractivity contribution < 1.29 is 23.1 Å². The fraction of sp³-hybridized carbons (Fsp3) is 0.562. The van der Waals surface area contributed by atoms with Crippen molar-refractivity contribution in [3.63, 3.8) is 0 Å². The molecule has 1 heterocycles. The largest absolute Gasteiger partial charge is 0.444 e. The highest BCUT2D eigenvalue weighted by molar-refractivity contribution is 9.11. The highest BCUT2D eigenvalue weighted by Gasteiger charge is 2.39. The summed E-state index contributed by atoms with van der Waals surface area (Å²) in [6.45, 7) is 5.11. The topological polar surface area (TPSA) is 95.9 Å². The van der Waals surface area contributed by atoms with E-state index in [1.165, 1.54) is 11.0 Å². The van der Waals surface area contributed by atoms with Crippen molar-refractivity contribution in [1.82, 2.24) is 9.62 Å². The Bertz CT molecular complexity index is 779. The smallest absolute Gasteiger partial charge is 0.410 e. The van der Waals surface area contributed by atoms with Crippen LogP contribution in [0, 0.1) is 0 Å². The molecule has 0 aliphatic carbocycles. The van der Waals surface area contributed by atoms with Crippen LogP contribution in [0.3, 0.4) is 0 Å². The minimum Gasteiger partial charge on any atom is -0.444 e. The van der Waals surface area contributed by atoms with E-state index in [4.69, 9.17) is 4.74 Å². The van der Waals surface area contributed by atoms with E-state index in [1.54, 1.807) is 32.9 Å². The van der Waals surface area contributed by atoms with Gasteiger partial charge in [0.15, 0.2) is 0 Å². The third kappa shape index (κ3) is 5.41. The fourth-order valence-electron chi connectivity index (χ4n) is 2.69. The summed E-state index contributed by atoms with van der Waals surface area (Å²) in [5, 5.41) is 9.56. The van der Waals surface area contributed by atoms with Crippen molar-refractivity contribution in [2.45, 2.75) is 49.8 Å². The Morgan fingerprint density at radius 3 is 2.62 bits per heavy atom. The number of halogens is 2. The van der Waals surface area contributed by atoms with Crippen LogP contribution in [-0.2, 0) is 14.8 Å². The van der Waals surface area contributed by atoms with E-state index in [0.29, 0.717) is 15.4 Å². The zero-order chi connectivity index (χ0) is 19.7. The SMILES string of the molecule is CC(C)(C)OC(=O)N1C[C@H](NS(=O)(=O)c2cc(Br)ccc2Br)C[C@@H]1CO. The summed E-state index contributed by atoms with van der Waals surface area (Å²) in [6, 6.07) is 3.84. The van der Waals surface area contributed by atoms with E-state index in [1.807, 2.05) is 0 Å². The first kappa shape index (κ1) is 21.6. The minimum atomic E-state index is -3.80. The van der Waals surface area contributed by atoms with Crippen molar-refractivity contribution in [2.24, 2.45) is 0 Å². The molecule has 0 spiro atoms. The normalized spacial score (nSPS) is 21.1. The van der Waals surface area contributed by atoms with Crippen LogP contribution in [0.1, 0.15) is 27.2 Å². The average Bonchev–Trinajstić information content (AvgIpc) is 2.90. The molecule has 1 amide bonds. The van der Waals surface area contributed by atoms with Crippen LogP contribution >= 0.6 is 31.9 Å². The lowest BCUT2D eigenvalue weighted by Crippen LogP contribution is -2.42. The molecule has 1 aromatic rings. The van der Waals surface area contributed by atoms with Crippen LogP contribution in [0.2, 0.25) is 0 Å². The van der Waals surface area contributed by atoms with E-state index in [0.717, 1.165) is 0 Å². The number of nitrogens with one attached hydrogen (secondary N) is 1. The van der Waals surface area contributed by atoms with Crippen LogP contribution in [0.15, 0.2) is 32.0 Å². The van der Waals surface area contributed by atoms with E-state index < -0.39 is 33.8 Å². The van der Waals surface area contributed by atoms with E-state index in [-0.39, 0.29) is 18.0 Å². The lowest BCUT2D eigenvalue weighted by Gasteiger charge is -2.27. The second-order valence-corrected chi connectivity index (χ2v) is 10.6. The quantitative estimate of drug-likeness (QED) is 0.645. The summed E-state index contributed by atoms with van der Waals surface area (Å²) < 4.78 is 34.4. The number of benzene rings is 1. The van der Waals surface area contributed by atoms with Gasteiger partial charge >= 0.3 is 6.09 Å². The molecule has 0 saturated carbocycles. The minimum absolute atomic E-state index is 0.100. The molecule has 0 bridgehead atoms. The molecule has 7 nitrogen and oxygen atoms in total. The molecule has 1 aliphatic heterocycles. The number of aliphatic hydroxyl groups is 1. The molecule has 2 N–H and O–H groups in total.